The first-order valence-electron chi connectivity index (χ1n) is 7.42. The molecule has 0 saturated heterocycles. The number of unbranched alkanes of at least 4 members (excludes halogenated alkanes) is 2. The van der Waals surface area contributed by atoms with Gasteiger partial charge < -0.3 is 4.74 Å². The summed E-state index contributed by atoms with van der Waals surface area (Å²) in [5, 5.41) is 0.975. The molecular formula is C18H22O2P+. The van der Waals surface area contributed by atoms with Crippen LogP contribution in [0.25, 0.3) is 0 Å². The van der Waals surface area contributed by atoms with Crippen molar-refractivity contribution in [1.82, 2.24) is 0 Å². The molecule has 2 aromatic rings. The Bertz CT molecular complexity index is 549. The second-order valence-corrected chi connectivity index (χ2v) is 6.82. The van der Waals surface area contributed by atoms with Gasteiger partial charge in [0, 0.05) is 0 Å². The summed E-state index contributed by atoms with van der Waals surface area (Å²) >= 11 is 0. The zero-order valence-corrected chi connectivity index (χ0v) is 13.4. The average molecular weight is 301 g/mol. The lowest BCUT2D eigenvalue weighted by atomic mass is 10.1. The molecule has 0 aromatic heterocycles. The third-order valence-corrected chi connectivity index (χ3v) is 5.13. The predicted molar refractivity (Wildman–Crippen MR) is 89.1 cm³/mol. The number of aryl methyl sites for hydroxylation is 1. The number of hydrogen-bond acceptors (Lipinski definition) is 2. The fourth-order valence-corrected chi connectivity index (χ4v) is 3.55. The van der Waals surface area contributed by atoms with E-state index in [4.69, 9.17) is 4.74 Å². The second-order valence-electron chi connectivity index (χ2n) is 5.10. The molecule has 0 bridgehead atoms. The summed E-state index contributed by atoms with van der Waals surface area (Å²) < 4.78 is 17.2. The Kier molecular flexibility index (Phi) is 6.43. The first kappa shape index (κ1) is 15.7. The maximum atomic E-state index is 12.1. The Morgan fingerprint density at radius 3 is 2.29 bits per heavy atom. The molecule has 0 N–H and O–H groups in total. The minimum atomic E-state index is -1.22. The van der Waals surface area contributed by atoms with Crippen molar-refractivity contribution in [2.24, 2.45) is 0 Å². The van der Waals surface area contributed by atoms with Gasteiger partial charge in [-0.1, -0.05) is 34.9 Å². The largest absolute Gasteiger partial charge is 0.497 e. The van der Waals surface area contributed by atoms with E-state index < -0.39 is 7.80 Å². The lowest BCUT2D eigenvalue weighted by molar-refractivity contribution is 0.414. The van der Waals surface area contributed by atoms with E-state index in [1.54, 1.807) is 7.11 Å². The van der Waals surface area contributed by atoms with E-state index in [1.165, 1.54) is 5.56 Å². The van der Waals surface area contributed by atoms with Crippen LogP contribution in [-0.4, -0.2) is 13.3 Å². The van der Waals surface area contributed by atoms with E-state index in [0.717, 1.165) is 42.9 Å². The lowest BCUT2D eigenvalue weighted by Gasteiger charge is -2.02. The van der Waals surface area contributed by atoms with Gasteiger partial charge in [0.15, 0.2) is 11.5 Å². The summed E-state index contributed by atoms with van der Waals surface area (Å²) in [6.07, 6.45) is 5.17. The molecule has 2 rings (SSSR count). The van der Waals surface area contributed by atoms with Crippen molar-refractivity contribution in [3.8, 4) is 5.75 Å². The third-order valence-electron chi connectivity index (χ3n) is 3.53. The second kappa shape index (κ2) is 8.59. The van der Waals surface area contributed by atoms with Crippen LogP contribution in [-0.2, 0) is 11.0 Å². The fraction of sp³-hybridized carbons (Fsp3) is 0.333. The molecule has 0 heterocycles. The number of methoxy groups -OCH3 is 1. The summed E-state index contributed by atoms with van der Waals surface area (Å²) in [5.74, 6) is 0.901. The molecule has 0 aliphatic heterocycles. The molecule has 0 fully saturated rings. The van der Waals surface area contributed by atoms with Gasteiger partial charge in [-0.3, -0.25) is 0 Å². The molecule has 0 amide bonds. The van der Waals surface area contributed by atoms with E-state index in [2.05, 4.69) is 12.1 Å². The molecule has 1 atom stereocenters. The maximum Gasteiger partial charge on any atom is 0.376 e. The molecule has 0 saturated carbocycles. The minimum absolute atomic E-state index is 0.794. The smallest absolute Gasteiger partial charge is 0.376 e. The van der Waals surface area contributed by atoms with Gasteiger partial charge in [0.25, 0.3) is 0 Å². The Hall–Kier alpha value is -1.66. The van der Waals surface area contributed by atoms with Crippen molar-refractivity contribution in [1.29, 1.82) is 0 Å². The van der Waals surface area contributed by atoms with Crippen LogP contribution in [0, 0.1) is 0 Å². The van der Waals surface area contributed by atoms with Gasteiger partial charge in [-0.2, -0.15) is 0 Å². The molecule has 110 valence electrons. The minimum Gasteiger partial charge on any atom is -0.497 e. The van der Waals surface area contributed by atoms with E-state index in [9.17, 15) is 4.57 Å². The van der Waals surface area contributed by atoms with Crippen molar-refractivity contribution in [3.63, 3.8) is 0 Å². The van der Waals surface area contributed by atoms with Crippen LogP contribution in [0.3, 0.4) is 0 Å². The topological polar surface area (TPSA) is 26.3 Å². The first-order chi connectivity index (χ1) is 10.3. The van der Waals surface area contributed by atoms with Crippen molar-refractivity contribution in [2.75, 3.05) is 13.3 Å². The highest BCUT2D eigenvalue weighted by atomic mass is 31.1. The van der Waals surface area contributed by atoms with Gasteiger partial charge in [-0.25, -0.2) is 0 Å². The molecule has 1 unspecified atom stereocenters. The Morgan fingerprint density at radius 2 is 1.62 bits per heavy atom. The van der Waals surface area contributed by atoms with Gasteiger partial charge in [0.1, 0.15) is 5.75 Å². The highest BCUT2D eigenvalue weighted by molar-refractivity contribution is 7.53. The molecule has 21 heavy (non-hydrogen) atoms. The van der Waals surface area contributed by atoms with Crippen molar-refractivity contribution < 1.29 is 9.30 Å². The third kappa shape index (κ3) is 5.32. The van der Waals surface area contributed by atoms with Crippen molar-refractivity contribution in [2.45, 2.75) is 25.7 Å². The van der Waals surface area contributed by atoms with E-state index >= 15 is 0 Å². The summed E-state index contributed by atoms with van der Waals surface area (Å²) in [4.78, 5) is 0. The van der Waals surface area contributed by atoms with Crippen LogP contribution in [0.2, 0.25) is 0 Å². The van der Waals surface area contributed by atoms with E-state index in [0.29, 0.717) is 0 Å². The van der Waals surface area contributed by atoms with Crippen molar-refractivity contribution >= 4 is 13.1 Å². The Labute approximate surface area is 127 Å². The number of hydrogen-bond donors (Lipinski definition) is 0. The van der Waals surface area contributed by atoms with Gasteiger partial charge in [-0.05, 0) is 55.5 Å². The summed E-state index contributed by atoms with van der Waals surface area (Å²) in [7, 11) is 0.464. The summed E-state index contributed by atoms with van der Waals surface area (Å²) in [6.45, 7) is 0. The molecule has 0 aliphatic carbocycles. The van der Waals surface area contributed by atoms with Crippen LogP contribution in [0.1, 0.15) is 24.8 Å². The quantitative estimate of drug-likeness (QED) is 0.528. The zero-order chi connectivity index (χ0) is 14.9. The average Bonchev–Trinajstić information content (AvgIpc) is 2.55. The normalized spacial score (nSPS) is 11.2. The van der Waals surface area contributed by atoms with Crippen LogP contribution in [0.15, 0.2) is 54.6 Å². The maximum absolute atomic E-state index is 12.1. The number of ether oxygens (including phenoxy) is 1. The summed E-state index contributed by atoms with van der Waals surface area (Å²) in [5.41, 5.74) is 1.34. The molecule has 0 aliphatic rings. The fourth-order valence-electron chi connectivity index (χ4n) is 2.28. The predicted octanol–water partition coefficient (Wildman–Crippen LogP) is 4.56. The van der Waals surface area contributed by atoms with Crippen LogP contribution < -0.4 is 10.0 Å². The van der Waals surface area contributed by atoms with Crippen molar-refractivity contribution in [3.05, 3.63) is 60.2 Å². The van der Waals surface area contributed by atoms with Crippen LogP contribution in [0.4, 0.5) is 0 Å². The van der Waals surface area contributed by atoms with Crippen LogP contribution >= 0.6 is 7.80 Å². The van der Waals surface area contributed by atoms with Gasteiger partial charge in [-0.15, -0.1) is 0 Å². The SMILES string of the molecule is COc1ccc(CCCCC[P+](=O)c2ccccc2)cc1. The van der Waals surface area contributed by atoms with Crippen LogP contribution in [0.5, 0.6) is 5.75 Å². The molecule has 0 spiro atoms. The lowest BCUT2D eigenvalue weighted by Crippen LogP contribution is -1.97. The van der Waals surface area contributed by atoms with E-state index in [-0.39, 0.29) is 0 Å². The van der Waals surface area contributed by atoms with Gasteiger partial charge in [0.2, 0.25) is 0 Å². The molecule has 2 aromatic carbocycles. The monoisotopic (exact) mass is 301 g/mol. The standard InChI is InChI=1S/C18H22O2P/c1-20-17-13-11-16(12-14-17)8-4-3-7-15-21(19)18-9-5-2-6-10-18/h2,5-6,9-14H,3-4,7-8,15H2,1H3/q+1. The first-order valence-corrected chi connectivity index (χ1v) is 8.87. The molecule has 0 radical (unpaired) electrons. The van der Waals surface area contributed by atoms with Gasteiger partial charge >= 0.3 is 7.80 Å². The van der Waals surface area contributed by atoms with E-state index in [1.807, 2.05) is 42.5 Å². The van der Waals surface area contributed by atoms with Gasteiger partial charge in [0.05, 0.1) is 7.11 Å². The number of rotatable bonds is 8. The highest BCUT2D eigenvalue weighted by Crippen LogP contribution is 2.22. The summed E-state index contributed by atoms with van der Waals surface area (Å²) in [6, 6.07) is 18.0. The molecular weight excluding hydrogens is 279 g/mol. The highest BCUT2D eigenvalue weighted by Gasteiger charge is 2.17. The molecule has 2 nitrogen and oxygen atoms in total. The molecule has 3 heteroatoms. The Morgan fingerprint density at radius 1 is 0.905 bits per heavy atom. The zero-order valence-electron chi connectivity index (χ0n) is 12.5. The number of benzene rings is 2. The Balaban J connectivity index is 1.64.